The number of morpholine rings is 1. The monoisotopic (exact) mass is 764 g/mol. The third-order valence-electron chi connectivity index (χ3n) is 9.04. The molecule has 0 spiro atoms. The zero-order chi connectivity index (χ0) is 39.3. The van der Waals surface area contributed by atoms with E-state index < -0.39 is 23.6 Å². The summed E-state index contributed by atoms with van der Waals surface area (Å²) in [7, 11) is 0. The number of amides is 4. The molecule has 290 valence electrons. The van der Waals surface area contributed by atoms with Gasteiger partial charge in [0.25, 0.3) is 11.8 Å². The lowest BCUT2D eigenvalue weighted by molar-refractivity contribution is 0.0358. The minimum Gasteiger partial charge on any atom is -0.491 e. The van der Waals surface area contributed by atoms with E-state index in [4.69, 9.17) is 25.9 Å². The Kier molecular flexibility index (Phi) is 10.8. The Labute approximate surface area is 318 Å². The van der Waals surface area contributed by atoms with E-state index in [1.807, 2.05) is 12.2 Å². The number of carbonyl (C=O) groups is 4. The van der Waals surface area contributed by atoms with E-state index in [2.05, 4.69) is 45.9 Å². The van der Waals surface area contributed by atoms with Crippen molar-refractivity contribution in [1.82, 2.24) is 49.4 Å². The van der Waals surface area contributed by atoms with E-state index in [-0.39, 0.29) is 47.5 Å². The topological polar surface area (TPSA) is 272 Å². The number of nitrogens with two attached hydrogens (primary N) is 2. The molecular formula is C36H40N14O6. The van der Waals surface area contributed by atoms with Gasteiger partial charge in [0, 0.05) is 44.5 Å². The second-order valence-electron chi connectivity index (χ2n) is 13.1. The van der Waals surface area contributed by atoms with Crippen molar-refractivity contribution in [3.63, 3.8) is 0 Å². The highest BCUT2D eigenvalue weighted by molar-refractivity contribution is 6.04. The number of imidazole rings is 2. The molecule has 1 saturated heterocycles. The fraction of sp³-hybridized carbons (Fsp3) is 0.306. The smallest absolute Gasteiger partial charge is 0.275 e. The number of primary amides is 2. The Morgan fingerprint density at radius 2 is 1.41 bits per heavy atom. The molecule has 0 saturated carbocycles. The molecule has 5 aromatic heterocycles. The van der Waals surface area contributed by atoms with Crippen LogP contribution < -0.4 is 26.8 Å². The summed E-state index contributed by atoms with van der Waals surface area (Å²) in [6.07, 6.45) is 5.70. The van der Waals surface area contributed by atoms with Crippen molar-refractivity contribution in [2.75, 3.05) is 50.1 Å². The molecule has 8 N–H and O–H groups in total. The van der Waals surface area contributed by atoms with Gasteiger partial charge in [0.05, 0.1) is 42.3 Å². The fourth-order valence-corrected chi connectivity index (χ4v) is 6.24. The molecule has 1 fully saturated rings. The summed E-state index contributed by atoms with van der Waals surface area (Å²) in [6, 6.07) is 7.83. The van der Waals surface area contributed by atoms with E-state index >= 15 is 0 Å². The first-order chi connectivity index (χ1) is 27.0. The standard InChI is InChI=1S/C36H40N14O6/c1-20-14-26(46-44-20)33(53)42-35-40-24-16-22(30(37)51)18-28(56-11-5-6-48-9-12-55-13-10-48)29(24)49(35)7-3-4-8-50-32-25(17-23(19-39-32)31(38)52)41-36(50)43-34(54)27-15-21(2)45-47-27/h3-4,14-19H,5-13H2,1-2H3,(H2,37,51)(H2,38,52)(H,44,46)(H,45,47)(H,40,42,53)(H,41,43,54). The largest absolute Gasteiger partial charge is 0.491 e. The van der Waals surface area contributed by atoms with Crippen LogP contribution in [-0.2, 0) is 17.8 Å². The number of hydrogen-bond acceptors (Lipinski definition) is 12. The first-order valence-corrected chi connectivity index (χ1v) is 17.8. The van der Waals surface area contributed by atoms with Gasteiger partial charge in [-0.25, -0.2) is 15.0 Å². The molecule has 56 heavy (non-hydrogen) atoms. The third-order valence-corrected chi connectivity index (χ3v) is 9.04. The lowest BCUT2D eigenvalue weighted by Crippen LogP contribution is -2.37. The number of aryl methyl sites for hydroxylation is 2. The number of benzene rings is 1. The van der Waals surface area contributed by atoms with Crippen LogP contribution >= 0.6 is 0 Å². The molecule has 0 bridgehead atoms. The second-order valence-corrected chi connectivity index (χ2v) is 13.1. The number of aromatic nitrogens is 9. The van der Waals surface area contributed by atoms with Crippen molar-refractivity contribution >= 4 is 57.7 Å². The Balaban J connectivity index is 1.20. The van der Waals surface area contributed by atoms with Gasteiger partial charge in [0.2, 0.25) is 23.7 Å². The molecule has 0 atom stereocenters. The van der Waals surface area contributed by atoms with E-state index in [1.54, 1.807) is 47.2 Å². The van der Waals surface area contributed by atoms with Crippen LogP contribution in [0.5, 0.6) is 5.75 Å². The first kappa shape index (κ1) is 37.4. The molecule has 0 aliphatic carbocycles. The molecule has 6 aromatic rings. The maximum absolute atomic E-state index is 13.3. The first-order valence-electron chi connectivity index (χ1n) is 17.8. The number of allylic oxidation sites excluding steroid dienone is 2. The molecular weight excluding hydrogens is 724 g/mol. The van der Waals surface area contributed by atoms with Gasteiger partial charge in [-0.3, -0.25) is 49.5 Å². The van der Waals surface area contributed by atoms with Crippen LogP contribution in [0.2, 0.25) is 0 Å². The SMILES string of the molecule is Cc1cc(C(=O)Nc2nc3cc(C(N)=O)cnc3n2CC=CCn2c(NC(=O)c3cc(C)n[nH]3)nc3cc(C(N)=O)cc(OCCCN4CCOCC4)c32)[nH]n1. The number of ether oxygens (including phenoxy) is 2. The minimum absolute atomic E-state index is 0.158. The molecule has 0 unspecified atom stereocenters. The van der Waals surface area contributed by atoms with Crippen molar-refractivity contribution in [2.24, 2.45) is 11.5 Å². The predicted molar refractivity (Wildman–Crippen MR) is 203 cm³/mol. The van der Waals surface area contributed by atoms with Crippen molar-refractivity contribution in [3.05, 3.63) is 82.6 Å². The number of fused-ring (bicyclic) bond motifs is 2. The lowest BCUT2D eigenvalue weighted by Gasteiger charge is -2.26. The highest BCUT2D eigenvalue weighted by atomic mass is 16.5. The number of carbonyl (C=O) groups excluding carboxylic acids is 4. The summed E-state index contributed by atoms with van der Waals surface area (Å²) in [5, 5.41) is 19.1. The highest BCUT2D eigenvalue weighted by Crippen LogP contribution is 2.31. The molecule has 0 radical (unpaired) electrons. The molecule has 1 aliphatic heterocycles. The molecule has 1 aliphatic rings. The molecule has 6 heterocycles. The quantitative estimate of drug-likeness (QED) is 0.0647. The van der Waals surface area contributed by atoms with Gasteiger partial charge in [-0.05, 0) is 50.6 Å². The predicted octanol–water partition coefficient (Wildman–Crippen LogP) is 1.90. The number of anilines is 2. The number of hydrogen-bond donors (Lipinski definition) is 6. The number of nitrogens with zero attached hydrogens (tertiary/aromatic N) is 8. The maximum atomic E-state index is 13.3. The van der Waals surface area contributed by atoms with E-state index in [0.29, 0.717) is 65.6 Å². The van der Waals surface area contributed by atoms with Gasteiger partial charge in [-0.2, -0.15) is 10.2 Å². The second kappa shape index (κ2) is 16.2. The summed E-state index contributed by atoms with van der Waals surface area (Å²) in [6.45, 7) is 8.07. The Morgan fingerprint density at radius 3 is 2.02 bits per heavy atom. The number of pyridine rings is 1. The minimum atomic E-state index is -0.672. The molecule has 1 aromatic carbocycles. The van der Waals surface area contributed by atoms with E-state index in [1.165, 1.54) is 12.3 Å². The van der Waals surface area contributed by atoms with Crippen LogP contribution in [0.15, 0.2) is 48.7 Å². The Bertz CT molecular complexity index is 2470. The summed E-state index contributed by atoms with van der Waals surface area (Å²) < 4.78 is 15.2. The highest BCUT2D eigenvalue weighted by Gasteiger charge is 2.22. The van der Waals surface area contributed by atoms with Crippen LogP contribution in [0.25, 0.3) is 22.2 Å². The van der Waals surface area contributed by atoms with Crippen LogP contribution in [0.1, 0.15) is 59.5 Å². The average molecular weight is 765 g/mol. The van der Waals surface area contributed by atoms with Crippen LogP contribution in [-0.4, -0.2) is 112 Å². The van der Waals surface area contributed by atoms with Gasteiger partial charge in [-0.1, -0.05) is 12.2 Å². The Morgan fingerprint density at radius 1 is 0.821 bits per heavy atom. The normalized spacial score (nSPS) is 13.5. The third kappa shape index (κ3) is 8.25. The summed E-state index contributed by atoms with van der Waals surface area (Å²) in [5.41, 5.74) is 14.9. The lowest BCUT2D eigenvalue weighted by atomic mass is 10.1. The van der Waals surface area contributed by atoms with Crippen LogP contribution in [0, 0.1) is 13.8 Å². The molecule has 7 rings (SSSR count). The average Bonchev–Trinajstić information content (AvgIpc) is 3.97. The van der Waals surface area contributed by atoms with Gasteiger partial charge in [0.15, 0.2) is 5.65 Å². The molecule has 20 heteroatoms. The number of nitrogens with one attached hydrogen (secondary N) is 4. The zero-order valence-electron chi connectivity index (χ0n) is 30.7. The van der Waals surface area contributed by atoms with Gasteiger partial charge >= 0.3 is 0 Å². The van der Waals surface area contributed by atoms with Crippen molar-refractivity contribution in [2.45, 2.75) is 33.4 Å². The summed E-state index contributed by atoms with van der Waals surface area (Å²) in [4.78, 5) is 66.6. The fourth-order valence-electron chi connectivity index (χ4n) is 6.24. The van der Waals surface area contributed by atoms with E-state index in [0.717, 1.165) is 19.6 Å². The summed E-state index contributed by atoms with van der Waals surface area (Å²) >= 11 is 0. The number of H-pyrrole nitrogens is 2. The summed E-state index contributed by atoms with van der Waals surface area (Å²) in [5.74, 6) is -1.58. The zero-order valence-corrected chi connectivity index (χ0v) is 30.7. The van der Waals surface area contributed by atoms with Gasteiger partial charge in [-0.15, -0.1) is 0 Å². The van der Waals surface area contributed by atoms with Crippen LogP contribution in [0.3, 0.4) is 0 Å². The van der Waals surface area contributed by atoms with E-state index in [9.17, 15) is 19.2 Å². The molecule has 4 amide bonds. The molecule has 20 nitrogen and oxygen atoms in total. The van der Waals surface area contributed by atoms with Crippen molar-refractivity contribution < 1.29 is 28.7 Å². The maximum Gasteiger partial charge on any atom is 0.275 e. The van der Waals surface area contributed by atoms with Crippen molar-refractivity contribution in [3.8, 4) is 5.75 Å². The number of rotatable bonds is 15. The van der Waals surface area contributed by atoms with Crippen LogP contribution in [0.4, 0.5) is 11.9 Å². The Hall–Kier alpha value is -6.93. The van der Waals surface area contributed by atoms with Crippen molar-refractivity contribution in [1.29, 1.82) is 0 Å². The number of aromatic amines is 2. The van der Waals surface area contributed by atoms with Gasteiger partial charge < -0.3 is 25.5 Å². The van der Waals surface area contributed by atoms with Gasteiger partial charge in [0.1, 0.15) is 28.2 Å².